The minimum Gasteiger partial charge on any atom is -0.396 e. The molecule has 3 nitrogen and oxygen atoms in total. The maximum atomic E-state index is 13.6. The Morgan fingerprint density at radius 1 is 1.62 bits per heavy atom. The Balaban J connectivity index is 2.16. The first-order chi connectivity index (χ1) is 7.70. The molecule has 5 heteroatoms. The van der Waals surface area contributed by atoms with Gasteiger partial charge < -0.3 is 10.0 Å². The molecule has 2 heterocycles. The van der Waals surface area contributed by atoms with Crippen LogP contribution in [0.2, 0.25) is 5.02 Å². The molecule has 88 valence electrons. The molecule has 1 aromatic rings. The van der Waals surface area contributed by atoms with Crippen molar-refractivity contribution in [3.63, 3.8) is 0 Å². The average molecular weight is 245 g/mol. The number of hydrogen-bond donors (Lipinski definition) is 1. The summed E-state index contributed by atoms with van der Waals surface area (Å²) in [5, 5.41) is 9.41. The Morgan fingerprint density at radius 3 is 3.12 bits per heavy atom. The molecule has 1 aliphatic heterocycles. The molecule has 16 heavy (non-hydrogen) atoms. The van der Waals surface area contributed by atoms with Gasteiger partial charge in [-0.1, -0.05) is 11.6 Å². The van der Waals surface area contributed by atoms with Gasteiger partial charge in [-0.15, -0.1) is 0 Å². The topological polar surface area (TPSA) is 36.4 Å². The van der Waals surface area contributed by atoms with Crippen LogP contribution in [0.1, 0.15) is 12.8 Å². The SMILES string of the molecule is OCC1CCCN(c2ncc(Cl)cc2F)C1. The summed E-state index contributed by atoms with van der Waals surface area (Å²) in [5.74, 6) is 0.152. The number of halogens is 2. The third-order valence-corrected chi connectivity index (χ3v) is 3.07. The third kappa shape index (κ3) is 2.44. The normalized spacial score (nSPS) is 21.2. The maximum absolute atomic E-state index is 13.6. The van der Waals surface area contributed by atoms with E-state index in [1.54, 1.807) is 0 Å². The lowest BCUT2D eigenvalue weighted by Crippen LogP contribution is -2.37. The second kappa shape index (κ2) is 4.97. The van der Waals surface area contributed by atoms with Gasteiger partial charge in [0, 0.05) is 25.9 Å². The molecule has 0 aliphatic carbocycles. The first kappa shape index (κ1) is 11.6. The Bertz CT molecular complexity index is 375. The van der Waals surface area contributed by atoms with Crippen molar-refractivity contribution in [1.29, 1.82) is 0 Å². The van der Waals surface area contributed by atoms with Crippen LogP contribution in [0.5, 0.6) is 0 Å². The van der Waals surface area contributed by atoms with Gasteiger partial charge in [-0.05, 0) is 24.8 Å². The van der Waals surface area contributed by atoms with Crippen molar-refractivity contribution in [2.45, 2.75) is 12.8 Å². The quantitative estimate of drug-likeness (QED) is 0.866. The molecule has 1 unspecified atom stereocenters. The minimum absolute atomic E-state index is 0.145. The highest BCUT2D eigenvalue weighted by Gasteiger charge is 2.22. The lowest BCUT2D eigenvalue weighted by molar-refractivity contribution is 0.208. The number of hydrogen-bond acceptors (Lipinski definition) is 3. The highest BCUT2D eigenvalue weighted by Crippen LogP contribution is 2.24. The van der Waals surface area contributed by atoms with Crippen molar-refractivity contribution in [3.8, 4) is 0 Å². The summed E-state index contributed by atoms with van der Waals surface area (Å²) in [6.07, 6.45) is 3.39. The summed E-state index contributed by atoms with van der Waals surface area (Å²) in [6.45, 7) is 1.58. The highest BCUT2D eigenvalue weighted by atomic mass is 35.5. The number of aliphatic hydroxyl groups excluding tert-OH is 1. The fourth-order valence-electron chi connectivity index (χ4n) is 2.05. The van der Waals surface area contributed by atoms with Gasteiger partial charge in [-0.3, -0.25) is 0 Å². The molecular weight excluding hydrogens is 231 g/mol. The van der Waals surface area contributed by atoms with E-state index < -0.39 is 5.82 Å². The standard InChI is InChI=1S/C11H14ClFN2O/c12-9-4-10(13)11(14-5-9)15-3-1-2-8(6-15)7-16/h4-5,8,16H,1-3,6-7H2. The molecule has 1 atom stereocenters. The maximum Gasteiger partial charge on any atom is 0.167 e. The van der Waals surface area contributed by atoms with Crippen LogP contribution in [0.4, 0.5) is 10.2 Å². The van der Waals surface area contributed by atoms with Crippen LogP contribution in [-0.4, -0.2) is 29.8 Å². The Morgan fingerprint density at radius 2 is 2.44 bits per heavy atom. The van der Waals surface area contributed by atoms with Crippen molar-refractivity contribution in [3.05, 3.63) is 23.1 Å². The zero-order chi connectivity index (χ0) is 11.5. The van der Waals surface area contributed by atoms with Gasteiger partial charge in [-0.25, -0.2) is 9.37 Å². The van der Waals surface area contributed by atoms with Crippen LogP contribution in [-0.2, 0) is 0 Å². The molecule has 0 amide bonds. The molecular formula is C11H14ClFN2O. The summed E-state index contributed by atoms with van der Waals surface area (Å²) >= 11 is 5.65. The Kier molecular flexibility index (Phi) is 3.61. The monoisotopic (exact) mass is 244 g/mol. The molecule has 2 rings (SSSR count). The number of aliphatic hydroxyl groups is 1. The van der Waals surface area contributed by atoms with Gasteiger partial charge >= 0.3 is 0 Å². The van der Waals surface area contributed by atoms with E-state index in [1.807, 2.05) is 4.90 Å². The van der Waals surface area contributed by atoms with Crippen LogP contribution in [0, 0.1) is 11.7 Å². The summed E-state index contributed by atoms with van der Waals surface area (Å²) in [6, 6.07) is 1.27. The van der Waals surface area contributed by atoms with E-state index in [0.717, 1.165) is 19.4 Å². The molecule has 0 spiro atoms. The van der Waals surface area contributed by atoms with Gasteiger partial charge in [-0.2, -0.15) is 0 Å². The first-order valence-electron chi connectivity index (χ1n) is 5.37. The van der Waals surface area contributed by atoms with Crippen LogP contribution in [0.15, 0.2) is 12.3 Å². The van der Waals surface area contributed by atoms with Gasteiger partial charge in [0.2, 0.25) is 0 Å². The molecule has 1 aliphatic rings. The van der Waals surface area contributed by atoms with E-state index in [2.05, 4.69) is 4.98 Å². The summed E-state index contributed by atoms with van der Waals surface area (Å²) in [4.78, 5) is 5.88. The van der Waals surface area contributed by atoms with E-state index in [1.165, 1.54) is 12.3 Å². The smallest absolute Gasteiger partial charge is 0.167 e. The summed E-state index contributed by atoms with van der Waals surface area (Å²) < 4.78 is 13.6. The second-order valence-electron chi connectivity index (χ2n) is 4.10. The van der Waals surface area contributed by atoms with E-state index in [4.69, 9.17) is 16.7 Å². The minimum atomic E-state index is -0.397. The Labute approximate surface area is 98.9 Å². The predicted octanol–water partition coefficient (Wildman–Crippen LogP) is 2.08. The van der Waals surface area contributed by atoms with E-state index >= 15 is 0 Å². The number of piperidine rings is 1. The number of rotatable bonds is 2. The molecule has 0 bridgehead atoms. The van der Waals surface area contributed by atoms with Gasteiger partial charge in [0.15, 0.2) is 11.6 Å². The van der Waals surface area contributed by atoms with Crippen molar-refractivity contribution in [2.24, 2.45) is 5.92 Å². The highest BCUT2D eigenvalue weighted by molar-refractivity contribution is 6.30. The first-order valence-corrected chi connectivity index (χ1v) is 5.75. The van der Waals surface area contributed by atoms with Crippen molar-refractivity contribution >= 4 is 17.4 Å². The Hall–Kier alpha value is -0.870. The van der Waals surface area contributed by atoms with Gasteiger partial charge in [0.05, 0.1) is 5.02 Å². The molecule has 1 aromatic heterocycles. The van der Waals surface area contributed by atoms with Gasteiger partial charge in [0.1, 0.15) is 0 Å². The zero-order valence-electron chi connectivity index (χ0n) is 8.87. The van der Waals surface area contributed by atoms with Crippen LogP contribution < -0.4 is 4.90 Å². The lowest BCUT2D eigenvalue weighted by atomic mass is 9.99. The van der Waals surface area contributed by atoms with Crippen LogP contribution in [0.25, 0.3) is 0 Å². The number of anilines is 1. The number of nitrogens with zero attached hydrogens (tertiary/aromatic N) is 2. The zero-order valence-corrected chi connectivity index (χ0v) is 9.62. The molecule has 1 N–H and O–H groups in total. The molecule has 0 saturated carbocycles. The predicted molar refractivity (Wildman–Crippen MR) is 61.2 cm³/mol. The van der Waals surface area contributed by atoms with Crippen molar-refractivity contribution in [1.82, 2.24) is 4.98 Å². The van der Waals surface area contributed by atoms with Crippen molar-refractivity contribution < 1.29 is 9.50 Å². The molecule has 0 aromatic carbocycles. The van der Waals surface area contributed by atoms with Gasteiger partial charge in [0.25, 0.3) is 0 Å². The average Bonchev–Trinajstić information content (AvgIpc) is 2.29. The second-order valence-corrected chi connectivity index (χ2v) is 4.53. The third-order valence-electron chi connectivity index (χ3n) is 2.87. The van der Waals surface area contributed by atoms with E-state index in [9.17, 15) is 4.39 Å². The largest absolute Gasteiger partial charge is 0.396 e. The molecule has 0 radical (unpaired) electrons. The fraction of sp³-hybridized carbons (Fsp3) is 0.545. The molecule has 1 fully saturated rings. The van der Waals surface area contributed by atoms with Crippen molar-refractivity contribution in [2.75, 3.05) is 24.6 Å². The number of aromatic nitrogens is 1. The lowest BCUT2D eigenvalue weighted by Gasteiger charge is -2.32. The number of pyridine rings is 1. The summed E-state index contributed by atoms with van der Waals surface area (Å²) in [5.41, 5.74) is 0. The summed E-state index contributed by atoms with van der Waals surface area (Å²) in [7, 11) is 0. The fourth-order valence-corrected chi connectivity index (χ4v) is 2.19. The molecule has 1 saturated heterocycles. The van der Waals surface area contributed by atoms with Crippen LogP contribution in [0.3, 0.4) is 0 Å². The van der Waals surface area contributed by atoms with Crippen LogP contribution >= 0.6 is 11.6 Å². The van der Waals surface area contributed by atoms with E-state index in [-0.39, 0.29) is 12.5 Å². The van der Waals surface area contributed by atoms with E-state index in [0.29, 0.717) is 17.4 Å².